The normalized spacial score (nSPS) is 11.6. The van der Waals surface area contributed by atoms with Gasteiger partial charge in [0.1, 0.15) is 36.2 Å². The molecule has 0 aliphatic carbocycles. The van der Waals surface area contributed by atoms with Gasteiger partial charge in [-0.05, 0) is 85.3 Å². The van der Waals surface area contributed by atoms with Crippen molar-refractivity contribution in [2.24, 2.45) is 22.3 Å². The summed E-state index contributed by atoms with van der Waals surface area (Å²) in [4.78, 5) is 15.1. The van der Waals surface area contributed by atoms with E-state index in [0.717, 1.165) is 39.1 Å². The summed E-state index contributed by atoms with van der Waals surface area (Å²) in [5.74, 6) is 8.06. The molecule has 0 heterocycles. The summed E-state index contributed by atoms with van der Waals surface area (Å²) in [7, 11) is 0. The van der Waals surface area contributed by atoms with Crippen LogP contribution in [-0.4, -0.2) is 121 Å². The van der Waals surface area contributed by atoms with Crippen LogP contribution in [0.25, 0.3) is 0 Å². The monoisotopic (exact) mass is 825 g/mol. The Morgan fingerprint density at radius 2 is 1.12 bits per heavy atom. The quantitative estimate of drug-likeness (QED) is 0.0226. The lowest BCUT2D eigenvalue weighted by Crippen LogP contribution is -2.31. The minimum absolute atomic E-state index is 0.0347. The van der Waals surface area contributed by atoms with Crippen LogP contribution >= 0.6 is 0 Å². The Labute approximate surface area is 348 Å². The fraction of sp³-hybridized carbons (Fsp3) is 0.488. The van der Waals surface area contributed by atoms with Crippen LogP contribution < -0.4 is 31.5 Å². The number of aryl methyl sites for hydroxylation is 4. The molecule has 0 bridgehead atoms. The van der Waals surface area contributed by atoms with E-state index in [2.05, 4.69) is 4.99 Å². The zero-order valence-corrected chi connectivity index (χ0v) is 35.0. The molecule has 3 aromatic carbocycles. The lowest BCUT2D eigenvalue weighted by molar-refractivity contribution is -0.136. The first kappa shape index (κ1) is 48.4. The second-order valence-electron chi connectivity index (χ2n) is 13.5. The highest BCUT2D eigenvalue weighted by Crippen LogP contribution is 2.34. The third kappa shape index (κ3) is 20.5. The van der Waals surface area contributed by atoms with Gasteiger partial charge in [-0.2, -0.15) is 0 Å². The Morgan fingerprint density at radius 3 is 1.61 bits per heavy atom. The van der Waals surface area contributed by atoms with E-state index in [1.165, 1.54) is 11.3 Å². The van der Waals surface area contributed by atoms with E-state index in [0.29, 0.717) is 122 Å². The van der Waals surface area contributed by atoms with Gasteiger partial charge in [0.25, 0.3) is 0 Å². The van der Waals surface area contributed by atoms with Crippen molar-refractivity contribution in [2.45, 2.75) is 40.7 Å². The second-order valence-corrected chi connectivity index (χ2v) is 13.5. The van der Waals surface area contributed by atoms with Crippen LogP contribution in [0.2, 0.25) is 0 Å². The van der Waals surface area contributed by atoms with Gasteiger partial charge in [0.15, 0.2) is 0 Å². The first-order valence-corrected chi connectivity index (χ1v) is 19.6. The molecule has 7 N–H and O–H groups in total. The van der Waals surface area contributed by atoms with E-state index < -0.39 is 5.97 Å². The molecule has 0 radical (unpaired) electrons. The number of nitrogens with zero attached hydrogens (tertiary/aromatic N) is 2. The molecule has 326 valence electrons. The predicted molar refractivity (Wildman–Crippen MR) is 225 cm³/mol. The molecule has 0 fully saturated rings. The molecule has 16 nitrogen and oxygen atoms in total. The number of carbonyl (C=O) groups is 1. The average molecular weight is 826 g/mol. The van der Waals surface area contributed by atoms with Crippen LogP contribution in [0.4, 0.5) is 0 Å². The Kier molecular flexibility index (Phi) is 23.4. The van der Waals surface area contributed by atoms with Crippen molar-refractivity contribution in [1.82, 2.24) is 5.01 Å². The molecular formula is C43H63N5O11. The topological polar surface area (TPSA) is 214 Å². The third-order valence-corrected chi connectivity index (χ3v) is 8.40. The number of hydrogen-bond acceptors (Lipinski definition) is 14. The minimum atomic E-state index is -0.870. The van der Waals surface area contributed by atoms with Gasteiger partial charge < -0.3 is 64.2 Å². The van der Waals surface area contributed by atoms with Crippen LogP contribution in [-0.2, 0) is 46.2 Å². The highest BCUT2D eigenvalue weighted by molar-refractivity contribution is 5.70. The van der Waals surface area contributed by atoms with Gasteiger partial charge >= 0.3 is 5.97 Å². The summed E-state index contributed by atoms with van der Waals surface area (Å²) in [5, 5.41) is 10.6. The number of aliphatic imine (C=N–C) groups is 1. The standard InChI is InChI=1S/C43H63N5O11/c1-32-23-37(27-41(49)50)24-33(2)43(32)59-40-25-34(3)42(35(4)26-40)58-30-38(45)29-48(46)9-10-51-11-12-52-13-14-53-15-16-54-17-18-55-19-20-56-21-22-57-39-7-5-36(6-8-39)28-47-31-44/h5-8,23-26,29,31H,9-22,27-28,30,45-46H2,1-4H3,(H2,44,47)(H,49,50)/b38-29-. The average Bonchev–Trinajstić information content (AvgIpc) is 3.19. The van der Waals surface area contributed by atoms with Gasteiger partial charge in [0.05, 0.1) is 111 Å². The molecule has 0 aliphatic heterocycles. The Bertz CT molecular complexity index is 1680. The number of benzene rings is 3. The van der Waals surface area contributed by atoms with E-state index >= 15 is 0 Å². The maximum Gasteiger partial charge on any atom is 0.307 e. The molecule has 0 aliphatic rings. The van der Waals surface area contributed by atoms with Crippen molar-refractivity contribution < 1.29 is 52.5 Å². The molecule has 0 aromatic heterocycles. The second kappa shape index (κ2) is 28.5. The van der Waals surface area contributed by atoms with E-state index in [-0.39, 0.29) is 13.0 Å². The van der Waals surface area contributed by atoms with Gasteiger partial charge in [-0.3, -0.25) is 9.79 Å². The van der Waals surface area contributed by atoms with Crippen LogP contribution in [0.5, 0.6) is 23.0 Å². The minimum Gasteiger partial charge on any atom is -0.491 e. The lowest BCUT2D eigenvalue weighted by Gasteiger charge is -2.18. The van der Waals surface area contributed by atoms with E-state index in [1.54, 1.807) is 6.20 Å². The molecular weight excluding hydrogens is 762 g/mol. The van der Waals surface area contributed by atoms with E-state index in [9.17, 15) is 4.79 Å². The molecule has 0 saturated carbocycles. The first-order valence-electron chi connectivity index (χ1n) is 19.6. The van der Waals surface area contributed by atoms with Crippen LogP contribution in [0.1, 0.15) is 33.4 Å². The molecule has 0 saturated heterocycles. The number of carboxylic acids is 1. The Morgan fingerprint density at radius 1 is 0.644 bits per heavy atom. The van der Waals surface area contributed by atoms with E-state index in [4.69, 9.17) is 65.0 Å². The predicted octanol–water partition coefficient (Wildman–Crippen LogP) is 4.36. The van der Waals surface area contributed by atoms with Crippen molar-refractivity contribution in [3.8, 4) is 23.0 Å². The van der Waals surface area contributed by atoms with Gasteiger partial charge in [0, 0.05) is 6.20 Å². The van der Waals surface area contributed by atoms with Gasteiger partial charge in [0.2, 0.25) is 0 Å². The largest absolute Gasteiger partial charge is 0.491 e. The summed E-state index contributed by atoms with van der Waals surface area (Å²) >= 11 is 0. The highest BCUT2D eigenvalue weighted by atomic mass is 16.6. The molecule has 0 atom stereocenters. The van der Waals surface area contributed by atoms with Crippen LogP contribution in [0, 0.1) is 27.7 Å². The SMILES string of the molecule is Cc1cc(Oc2c(C)cc(CC(=O)O)cc2C)cc(C)c1OC/C(N)=C/N(N)CCOCCOCCOCCOCCOCCOCCOc1ccc(CN=CN)cc1. The number of nitrogens with two attached hydrogens (primary N) is 3. The van der Waals surface area contributed by atoms with Crippen LogP contribution in [0.15, 0.2) is 65.4 Å². The summed E-state index contributed by atoms with van der Waals surface area (Å²) in [6.45, 7) is 14.8. The fourth-order valence-corrected chi connectivity index (χ4v) is 5.70. The number of aliphatic carboxylic acids is 1. The summed E-state index contributed by atoms with van der Waals surface area (Å²) < 4.78 is 51.2. The number of hydrogen-bond donors (Lipinski definition) is 4. The Balaban J connectivity index is 1.12. The lowest BCUT2D eigenvalue weighted by atomic mass is 10.0. The zero-order valence-electron chi connectivity index (χ0n) is 35.0. The number of ether oxygens (including phenoxy) is 9. The van der Waals surface area contributed by atoms with Crippen molar-refractivity contribution in [1.29, 1.82) is 0 Å². The van der Waals surface area contributed by atoms with Crippen molar-refractivity contribution in [3.05, 3.63) is 93.8 Å². The zero-order chi connectivity index (χ0) is 42.7. The molecule has 3 rings (SSSR count). The molecule has 59 heavy (non-hydrogen) atoms. The van der Waals surface area contributed by atoms with Gasteiger partial charge in [-0.1, -0.05) is 24.3 Å². The maximum atomic E-state index is 11.1. The summed E-state index contributed by atoms with van der Waals surface area (Å²) in [5.41, 5.74) is 17.2. The maximum absolute atomic E-state index is 11.1. The smallest absolute Gasteiger partial charge is 0.307 e. The molecule has 0 amide bonds. The number of carboxylic acid groups (broad SMARTS) is 1. The van der Waals surface area contributed by atoms with Crippen molar-refractivity contribution in [2.75, 3.05) is 99.0 Å². The fourth-order valence-electron chi connectivity index (χ4n) is 5.70. The molecule has 0 unspecified atom stereocenters. The molecule has 0 spiro atoms. The highest BCUT2D eigenvalue weighted by Gasteiger charge is 2.13. The van der Waals surface area contributed by atoms with E-state index in [1.807, 2.05) is 76.2 Å². The van der Waals surface area contributed by atoms with Gasteiger partial charge in [-0.15, -0.1) is 0 Å². The summed E-state index contributed by atoms with van der Waals surface area (Å²) in [6.07, 6.45) is 2.88. The molecule has 16 heteroatoms. The number of hydrazine groups is 1. The number of rotatable bonds is 32. The summed E-state index contributed by atoms with van der Waals surface area (Å²) in [6, 6.07) is 15.2. The Hall–Kier alpha value is -4.94. The first-order chi connectivity index (χ1) is 28.5. The van der Waals surface area contributed by atoms with Crippen molar-refractivity contribution >= 4 is 12.3 Å². The van der Waals surface area contributed by atoms with Crippen molar-refractivity contribution in [3.63, 3.8) is 0 Å². The molecule has 3 aromatic rings. The van der Waals surface area contributed by atoms with Gasteiger partial charge in [-0.25, -0.2) is 5.84 Å². The van der Waals surface area contributed by atoms with Crippen LogP contribution in [0.3, 0.4) is 0 Å². The third-order valence-electron chi connectivity index (χ3n) is 8.40.